The Hall–Kier alpha value is -1.41. The predicted octanol–water partition coefficient (Wildman–Crippen LogP) is 2.71. The Morgan fingerprint density at radius 1 is 1.08 bits per heavy atom. The van der Waals surface area contributed by atoms with Crippen molar-refractivity contribution in [2.75, 3.05) is 0 Å². The van der Waals surface area contributed by atoms with Crippen molar-refractivity contribution in [2.45, 2.75) is 6.92 Å². The number of fused-ring (bicyclic) bond motifs is 1. The van der Waals surface area contributed by atoms with Gasteiger partial charge in [-0.3, -0.25) is 4.98 Å². The highest BCUT2D eigenvalue weighted by Gasteiger charge is 1.93. The van der Waals surface area contributed by atoms with Crippen molar-refractivity contribution in [3.8, 4) is 0 Å². The summed E-state index contributed by atoms with van der Waals surface area (Å²) >= 11 is 0. The van der Waals surface area contributed by atoms with Crippen LogP contribution < -0.4 is 6.15 Å². The van der Waals surface area contributed by atoms with Gasteiger partial charge in [0, 0.05) is 17.8 Å². The van der Waals surface area contributed by atoms with E-state index in [1.165, 1.54) is 16.3 Å². The molecule has 0 aliphatic rings. The van der Waals surface area contributed by atoms with Gasteiger partial charge in [-0.1, -0.05) is 24.3 Å². The molecule has 1 heterocycles. The molecule has 2 rings (SSSR count). The van der Waals surface area contributed by atoms with Crippen molar-refractivity contribution < 1.29 is 0 Å². The molecule has 0 unspecified atom stereocenters. The summed E-state index contributed by atoms with van der Waals surface area (Å²) in [4.78, 5) is 4.11. The fraction of sp³-hybridized carbons (Fsp3) is 0.100. The van der Waals surface area contributed by atoms with Crippen molar-refractivity contribution in [2.24, 2.45) is 0 Å². The second-order valence-corrected chi connectivity index (χ2v) is 2.68. The summed E-state index contributed by atoms with van der Waals surface area (Å²) in [5.74, 6) is 0. The third-order valence-corrected chi connectivity index (χ3v) is 1.87. The molecule has 2 nitrogen and oxygen atoms in total. The quantitative estimate of drug-likeness (QED) is 0.644. The Kier molecular flexibility index (Phi) is 2.41. The molecule has 0 amide bonds. The summed E-state index contributed by atoms with van der Waals surface area (Å²) in [5, 5.41) is 2.51. The minimum atomic E-state index is 0. The van der Waals surface area contributed by atoms with Crippen LogP contribution in [0.3, 0.4) is 0 Å². The van der Waals surface area contributed by atoms with E-state index in [9.17, 15) is 0 Å². The van der Waals surface area contributed by atoms with Gasteiger partial charge in [0.2, 0.25) is 0 Å². The molecule has 1 aromatic carbocycles. The molecule has 0 aliphatic carbocycles. The SMILES string of the molecule is Cc1cncc2ccccc12.N. The minimum absolute atomic E-state index is 0. The molecule has 0 bridgehead atoms. The smallest absolute Gasteiger partial charge is 0.0346 e. The van der Waals surface area contributed by atoms with Crippen LogP contribution in [-0.4, -0.2) is 4.98 Å². The van der Waals surface area contributed by atoms with Gasteiger partial charge in [-0.15, -0.1) is 0 Å². The van der Waals surface area contributed by atoms with Crippen molar-refractivity contribution in [3.05, 3.63) is 42.2 Å². The Morgan fingerprint density at radius 3 is 2.58 bits per heavy atom. The van der Waals surface area contributed by atoms with Crippen molar-refractivity contribution in [3.63, 3.8) is 0 Å². The van der Waals surface area contributed by atoms with Crippen LogP contribution in [0.25, 0.3) is 10.8 Å². The Balaban J connectivity index is 0.000000720. The van der Waals surface area contributed by atoms with Gasteiger partial charge in [0.15, 0.2) is 0 Å². The Bertz CT molecular complexity index is 377. The van der Waals surface area contributed by atoms with Gasteiger partial charge in [0.05, 0.1) is 0 Å². The van der Waals surface area contributed by atoms with Gasteiger partial charge >= 0.3 is 0 Å². The normalized spacial score (nSPS) is 9.42. The van der Waals surface area contributed by atoms with E-state index in [-0.39, 0.29) is 6.15 Å². The van der Waals surface area contributed by atoms with E-state index >= 15 is 0 Å². The van der Waals surface area contributed by atoms with Gasteiger partial charge in [0.25, 0.3) is 0 Å². The summed E-state index contributed by atoms with van der Waals surface area (Å²) < 4.78 is 0. The van der Waals surface area contributed by atoms with Crippen LogP contribution in [0.5, 0.6) is 0 Å². The van der Waals surface area contributed by atoms with Crippen molar-refractivity contribution in [1.82, 2.24) is 11.1 Å². The number of benzene rings is 1. The lowest BCUT2D eigenvalue weighted by molar-refractivity contribution is 1.31. The highest BCUT2D eigenvalue weighted by molar-refractivity contribution is 5.84. The second-order valence-electron chi connectivity index (χ2n) is 2.68. The molecule has 62 valence electrons. The number of hydrogen-bond donors (Lipinski definition) is 1. The monoisotopic (exact) mass is 160 g/mol. The van der Waals surface area contributed by atoms with Crippen LogP contribution in [0.4, 0.5) is 0 Å². The number of hydrogen-bond acceptors (Lipinski definition) is 2. The van der Waals surface area contributed by atoms with Crippen LogP contribution in [0.15, 0.2) is 36.7 Å². The number of nitrogens with zero attached hydrogens (tertiary/aromatic N) is 1. The lowest BCUT2D eigenvalue weighted by Gasteiger charge is -1.98. The first-order valence-corrected chi connectivity index (χ1v) is 3.67. The Labute approximate surface area is 71.8 Å². The highest BCUT2D eigenvalue weighted by atomic mass is 14.6. The lowest BCUT2D eigenvalue weighted by atomic mass is 10.1. The third-order valence-electron chi connectivity index (χ3n) is 1.87. The summed E-state index contributed by atoms with van der Waals surface area (Å²) in [6.45, 7) is 2.08. The lowest BCUT2D eigenvalue weighted by Crippen LogP contribution is -1.79. The van der Waals surface area contributed by atoms with Gasteiger partial charge in [0.1, 0.15) is 0 Å². The predicted molar refractivity (Wildman–Crippen MR) is 51.5 cm³/mol. The van der Waals surface area contributed by atoms with Crippen molar-refractivity contribution in [1.29, 1.82) is 0 Å². The van der Waals surface area contributed by atoms with E-state index in [0.717, 1.165) is 0 Å². The van der Waals surface area contributed by atoms with Gasteiger partial charge < -0.3 is 6.15 Å². The first kappa shape index (κ1) is 8.68. The van der Waals surface area contributed by atoms with Gasteiger partial charge in [-0.05, 0) is 17.9 Å². The van der Waals surface area contributed by atoms with E-state index in [1.807, 2.05) is 18.5 Å². The summed E-state index contributed by atoms with van der Waals surface area (Å²) in [5.41, 5.74) is 1.24. The van der Waals surface area contributed by atoms with E-state index in [2.05, 4.69) is 30.1 Å². The molecule has 0 atom stereocenters. The maximum atomic E-state index is 4.11. The second kappa shape index (κ2) is 3.32. The fourth-order valence-corrected chi connectivity index (χ4v) is 1.27. The zero-order chi connectivity index (χ0) is 7.68. The van der Waals surface area contributed by atoms with E-state index in [0.29, 0.717) is 0 Å². The topological polar surface area (TPSA) is 47.9 Å². The van der Waals surface area contributed by atoms with Crippen LogP contribution in [0, 0.1) is 6.92 Å². The van der Waals surface area contributed by atoms with E-state index in [4.69, 9.17) is 0 Å². The molecule has 0 saturated carbocycles. The zero-order valence-electron chi connectivity index (χ0n) is 7.12. The number of pyridine rings is 1. The van der Waals surface area contributed by atoms with Crippen LogP contribution in [-0.2, 0) is 0 Å². The molecule has 0 radical (unpaired) electrons. The standard InChI is InChI=1S/C10H9N.H3N/c1-8-6-11-7-9-4-2-3-5-10(8)9;/h2-7H,1H3;1H3. The molecule has 0 saturated heterocycles. The van der Waals surface area contributed by atoms with E-state index < -0.39 is 0 Å². The third kappa shape index (κ3) is 1.29. The van der Waals surface area contributed by atoms with Crippen molar-refractivity contribution >= 4 is 10.8 Å². The van der Waals surface area contributed by atoms with Crippen LogP contribution in [0.1, 0.15) is 5.56 Å². The van der Waals surface area contributed by atoms with E-state index in [1.54, 1.807) is 0 Å². The zero-order valence-corrected chi connectivity index (χ0v) is 7.12. The highest BCUT2D eigenvalue weighted by Crippen LogP contribution is 2.14. The number of aromatic nitrogens is 1. The molecule has 0 spiro atoms. The molecular weight excluding hydrogens is 148 g/mol. The summed E-state index contributed by atoms with van der Waals surface area (Å²) in [7, 11) is 0. The molecular formula is C10H12N2. The largest absolute Gasteiger partial charge is 0.344 e. The average Bonchev–Trinajstić information content (AvgIpc) is 2.06. The maximum Gasteiger partial charge on any atom is 0.0346 e. The molecule has 2 aromatic rings. The summed E-state index contributed by atoms with van der Waals surface area (Å²) in [6.07, 6.45) is 3.78. The molecule has 3 N–H and O–H groups in total. The first-order chi connectivity index (χ1) is 5.38. The molecule has 0 fully saturated rings. The minimum Gasteiger partial charge on any atom is -0.344 e. The first-order valence-electron chi connectivity index (χ1n) is 3.67. The van der Waals surface area contributed by atoms with Crippen LogP contribution in [0.2, 0.25) is 0 Å². The van der Waals surface area contributed by atoms with Gasteiger partial charge in [-0.25, -0.2) is 0 Å². The number of rotatable bonds is 0. The molecule has 0 aliphatic heterocycles. The van der Waals surface area contributed by atoms with Gasteiger partial charge in [-0.2, -0.15) is 0 Å². The average molecular weight is 160 g/mol. The Morgan fingerprint density at radius 2 is 1.83 bits per heavy atom. The molecule has 1 aromatic heterocycles. The fourth-order valence-electron chi connectivity index (χ4n) is 1.27. The molecule has 12 heavy (non-hydrogen) atoms. The molecule has 2 heteroatoms. The summed E-state index contributed by atoms with van der Waals surface area (Å²) in [6, 6.07) is 8.28. The number of aryl methyl sites for hydroxylation is 1. The maximum absolute atomic E-state index is 4.11. The van der Waals surface area contributed by atoms with Crippen LogP contribution >= 0.6 is 0 Å².